The van der Waals surface area contributed by atoms with Crippen LogP contribution in [0.2, 0.25) is 0 Å². The number of aryl methyl sites for hydroxylation is 1. The molecule has 3 atom stereocenters. The van der Waals surface area contributed by atoms with Crippen LogP contribution in [0.15, 0.2) is 36.4 Å². The molecule has 0 bridgehead atoms. The van der Waals surface area contributed by atoms with Crippen LogP contribution in [0.3, 0.4) is 0 Å². The minimum atomic E-state index is -0.558. The summed E-state index contributed by atoms with van der Waals surface area (Å²) in [6, 6.07) is 7.90. The first kappa shape index (κ1) is 16.2. The lowest BCUT2D eigenvalue weighted by Crippen LogP contribution is -2.39. The third-order valence-corrected chi connectivity index (χ3v) is 3.41. The Morgan fingerprint density at radius 1 is 1.14 bits per heavy atom. The van der Waals surface area contributed by atoms with Crippen LogP contribution in [-0.2, 0) is 23.8 Å². The summed E-state index contributed by atoms with van der Waals surface area (Å²) >= 11 is 0. The van der Waals surface area contributed by atoms with Gasteiger partial charge in [-0.05, 0) is 24.1 Å². The van der Waals surface area contributed by atoms with E-state index in [1.807, 2.05) is 37.3 Å². The Bertz CT molecular complexity index is 578. The summed E-state index contributed by atoms with van der Waals surface area (Å²) in [5.41, 5.74) is 2.14. The van der Waals surface area contributed by atoms with Gasteiger partial charge in [0.1, 0.15) is 24.9 Å². The molecule has 1 aliphatic heterocycles. The number of hydrogen-bond donors (Lipinski definition) is 0. The van der Waals surface area contributed by atoms with Crippen LogP contribution in [0.5, 0.6) is 0 Å². The van der Waals surface area contributed by atoms with E-state index in [1.165, 1.54) is 13.8 Å². The summed E-state index contributed by atoms with van der Waals surface area (Å²) in [4.78, 5) is 22.2. The first-order chi connectivity index (χ1) is 10.5. The minimum absolute atomic E-state index is 0.0417. The van der Waals surface area contributed by atoms with E-state index in [0.29, 0.717) is 0 Å². The van der Waals surface area contributed by atoms with Gasteiger partial charge in [0, 0.05) is 13.8 Å². The van der Waals surface area contributed by atoms with E-state index < -0.39 is 24.1 Å². The second-order valence-corrected chi connectivity index (χ2v) is 5.21. The Kier molecular flexibility index (Phi) is 5.33. The van der Waals surface area contributed by atoms with Crippen LogP contribution in [0, 0.1) is 6.92 Å². The van der Waals surface area contributed by atoms with Crippen molar-refractivity contribution in [3.05, 3.63) is 47.5 Å². The van der Waals surface area contributed by atoms with Crippen LogP contribution >= 0.6 is 0 Å². The molecule has 118 valence electrons. The van der Waals surface area contributed by atoms with Crippen molar-refractivity contribution in [2.75, 3.05) is 6.61 Å². The predicted molar refractivity (Wildman–Crippen MR) is 80.1 cm³/mol. The SMILES string of the molecule is CC(=O)OC[C@H]1O[C@H](c2ccccc2C)C=C[C@@H]1OC(C)=O. The molecule has 1 aromatic rings. The highest BCUT2D eigenvalue weighted by Gasteiger charge is 2.31. The van der Waals surface area contributed by atoms with Crippen molar-refractivity contribution in [3.63, 3.8) is 0 Å². The molecule has 0 N–H and O–H groups in total. The van der Waals surface area contributed by atoms with Gasteiger partial charge in [0.25, 0.3) is 0 Å². The highest BCUT2D eigenvalue weighted by Crippen LogP contribution is 2.29. The standard InChI is InChI=1S/C17H20O5/c1-11-6-4-5-7-14(11)15-8-9-16(21-13(3)19)17(22-15)10-20-12(2)18/h4-9,15-17H,10H2,1-3H3/t15-,16-,17+/m0/s1. The lowest BCUT2D eigenvalue weighted by molar-refractivity contribution is -0.163. The van der Waals surface area contributed by atoms with E-state index in [0.717, 1.165) is 11.1 Å². The molecule has 2 rings (SSSR count). The summed E-state index contributed by atoms with van der Waals surface area (Å²) in [6.07, 6.45) is 2.31. The molecule has 1 aliphatic rings. The fourth-order valence-electron chi connectivity index (χ4n) is 2.37. The fraction of sp³-hybridized carbons (Fsp3) is 0.412. The van der Waals surface area contributed by atoms with Gasteiger partial charge in [-0.15, -0.1) is 0 Å². The highest BCUT2D eigenvalue weighted by molar-refractivity contribution is 5.67. The molecule has 5 heteroatoms. The van der Waals surface area contributed by atoms with Crippen LogP contribution in [-0.4, -0.2) is 30.8 Å². The normalized spacial score (nSPS) is 23.9. The monoisotopic (exact) mass is 304 g/mol. The van der Waals surface area contributed by atoms with E-state index in [-0.39, 0.29) is 12.7 Å². The Hall–Kier alpha value is -2.14. The van der Waals surface area contributed by atoms with E-state index in [4.69, 9.17) is 14.2 Å². The maximum atomic E-state index is 11.2. The van der Waals surface area contributed by atoms with E-state index in [2.05, 4.69) is 0 Å². The zero-order valence-corrected chi connectivity index (χ0v) is 12.9. The summed E-state index contributed by atoms with van der Waals surface area (Å²) in [5.74, 6) is -0.799. The Morgan fingerprint density at radius 3 is 2.50 bits per heavy atom. The number of carbonyl (C=O) groups is 2. The van der Waals surface area contributed by atoms with Gasteiger partial charge in [0.05, 0.1) is 0 Å². The molecule has 0 aromatic heterocycles. The van der Waals surface area contributed by atoms with E-state index >= 15 is 0 Å². The van der Waals surface area contributed by atoms with Crippen molar-refractivity contribution < 1.29 is 23.8 Å². The second kappa shape index (κ2) is 7.22. The number of hydrogen-bond acceptors (Lipinski definition) is 5. The molecule has 5 nitrogen and oxygen atoms in total. The first-order valence-corrected chi connectivity index (χ1v) is 7.17. The maximum Gasteiger partial charge on any atom is 0.303 e. The summed E-state index contributed by atoms with van der Waals surface area (Å²) in [5, 5.41) is 0. The zero-order valence-electron chi connectivity index (χ0n) is 12.9. The number of ether oxygens (including phenoxy) is 3. The van der Waals surface area contributed by atoms with Gasteiger partial charge in [-0.25, -0.2) is 0 Å². The molecule has 0 fully saturated rings. The maximum absolute atomic E-state index is 11.2. The number of rotatable bonds is 4. The van der Waals surface area contributed by atoms with E-state index in [9.17, 15) is 9.59 Å². The molecule has 0 spiro atoms. The van der Waals surface area contributed by atoms with Crippen LogP contribution in [0.4, 0.5) is 0 Å². The topological polar surface area (TPSA) is 61.8 Å². The third kappa shape index (κ3) is 4.18. The van der Waals surface area contributed by atoms with Crippen molar-refractivity contribution in [3.8, 4) is 0 Å². The molecule has 0 unspecified atom stereocenters. The lowest BCUT2D eigenvalue weighted by Gasteiger charge is -2.32. The average Bonchev–Trinajstić information content (AvgIpc) is 2.46. The third-order valence-electron chi connectivity index (χ3n) is 3.41. The number of esters is 2. The van der Waals surface area contributed by atoms with Crippen molar-refractivity contribution in [2.45, 2.75) is 39.1 Å². The fourth-order valence-corrected chi connectivity index (χ4v) is 2.37. The smallest absolute Gasteiger partial charge is 0.303 e. The van der Waals surface area contributed by atoms with Crippen molar-refractivity contribution in [2.24, 2.45) is 0 Å². The summed E-state index contributed by atoms with van der Waals surface area (Å²) in [7, 11) is 0. The van der Waals surface area contributed by atoms with Gasteiger partial charge < -0.3 is 14.2 Å². The zero-order chi connectivity index (χ0) is 16.1. The molecule has 0 aliphatic carbocycles. The lowest BCUT2D eigenvalue weighted by atomic mass is 9.99. The molecular formula is C17H20O5. The molecule has 0 saturated carbocycles. The molecular weight excluding hydrogens is 284 g/mol. The quantitative estimate of drug-likeness (QED) is 0.632. The average molecular weight is 304 g/mol. The Morgan fingerprint density at radius 2 is 1.86 bits per heavy atom. The highest BCUT2D eigenvalue weighted by atomic mass is 16.6. The summed E-state index contributed by atoms with van der Waals surface area (Å²) < 4.78 is 16.2. The number of benzene rings is 1. The van der Waals surface area contributed by atoms with Gasteiger partial charge in [-0.3, -0.25) is 9.59 Å². The first-order valence-electron chi connectivity index (χ1n) is 7.17. The van der Waals surface area contributed by atoms with Crippen LogP contribution < -0.4 is 0 Å². The summed E-state index contributed by atoms with van der Waals surface area (Å²) in [6.45, 7) is 4.72. The molecule has 1 heterocycles. The molecule has 0 amide bonds. The molecule has 22 heavy (non-hydrogen) atoms. The Balaban J connectivity index is 2.18. The minimum Gasteiger partial charge on any atom is -0.463 e. The second-order valence-electron chi connectivity index (χ2n) is 5.21. The van der Waals surface area contributed by atoms with Crippen LogP contribution in [0.25, 0.3) is 0 Å². The van der Waals surface area contributed by atoms with Gasteiger partial charge in [0.2, 0.25) is 0 Å². The van der Waals surface area contributed by atoms with Crippen molar-refractivity contribution in [1.82, 2.24) is 0 Å². The molecule has 0 radical (unpaired) electrons. The number of carbonyl (C=O) groups excluding carboxylic acids is 2. The molecule has 1 aromatic carbocycles. The van der Waals surface area contributed by atoms with Gasteiger partial charge in [0.15, 0.2) is 0 Å². The van der Waals surface area contributed by atoms with Crippen molar-refractivity contribution in [1.29, 1.82) is 0 Å². The van der Waals surface area contributed by atoms with Crippen molar-refractivity contribution >= 4 is 11.9 Å². The Labute approximate surface area is 129 Å². The van der Waals surface area contributed by atoms with Gasteiger partial charge >= 0.3 is 11.9 Å². The predicted octanol–water partition coefficient (Wildman–Crippen LogP) is 2.49. The van der Waals surface area contributed by atoms with Crippen LogP contribution in [0.1, 0.15) is 31.1 Å². The van der Waals surface area contributed by atoms with Gasteiger partial charge in [-0.1, -0.05) is 30.3 Å². The van der Waals surface area contributed by atoms with Gasteiger partial charge in [-0.2, -0.15) is 0 Å². The largest absolute Gasteiger partial charge is 0.463 e. The molecule has 0 saturated heterocycles. The van der Waals surface area contributed by atoms with E-state index in [1.54, 1.807) is 6.08 Å².